The molecule has 1 N–H and O–H groups in total. The third-order valence-corrected chi connectivity index (χ3v) is 4.42. The van der Waals surface area contributed by atoms with Crippen molar-refractivity contribution in [2.45, 2.75) is 76.9 Å². The van der Waals surface area contributed by atoms with E-state index in [0.29, 0.717) is 0 Å². The Morgan fingerprint density at radius 3 is 2.33 bits per heavy atom. The number of aliphatic hydroxyl groups is 1. The zero-order valence-electron chi connectivity index (χ0n) is 14.0. The minimum atomic E-state index is -0.192. The topological polar surface area (TPSA) is 29.5 Å². The standard InChI is InChI=1S/C19H32O2/c1-4-5-14-18(20)15-10-7-11-16-19(2,21-3)17-12-8-6-9-13-17/h6,8-9,12-13,18,20H,4-5,7,10-11,14-16H2,1-3H3. The molecule has 1 aromatic rings. The van der Waals surface area contributed by atoms with Crippen molar-refractivity contribution in [2.75, 3.05) is 7.11 Å². The Balaban J connectivity index is 2.27. The van der Waals surface area contributed by atoms with Crippen molar-refractivity contribution in [2.24, 2.45) is 0 Å². The van der Waals surface area contributed by atoms with Crippen LogP contribution in [0.1, 0.15) is 70.8 Å². The van der Waals surface area contributed by atoms with Gasteiger partial charge in [0.1, 0.15) is 0 Å². The van der Waals surface area contributed by atoms with Gasteiger partial charge in [0.25, 0.3) is 0 Å². The van der Waals surface area contributed by atoms with Gasteiger partial charge in [-0.25, -0.2) is 0 Å². The number of methoxy groups -OCH3 is 1. The second-order valence-electron chi connectivity index (χ2n) is 6.20. The summed E-state index contributed by atoms with van der Waals surface area (Å²) < 4.78 is 5.76. The highest BCUT2D eigenvalue weighted by atomic mass is 16.5. The van der Waals surface area contributed by atoms with Gasteiger partial charge in [-0.15, -0.1) is 0 Å². The molecule has 2 atom stereocenters. The normalized spacial score (nSPS) is 15.6. The molecule has 120 valence electrons. The summed E-state index contributed by atoms with van der Waals surface area (Å²) in [6, 6.07) is 10.4. The molecule has 2 unspecified atom stereocenters. The fourth-order valence-corrected chi connectivity index (χ4v) is 2.76. The van der Waals surface area contributed by atoms with Gasteiger partial charge in [-0.2, -0.15) is 0 Å². The van der Waals surface area contributed by atoms with Gasteiger partial charge in [-0.3, -0.25) is 0 Å². The zero-order valence-corrected chi connectivity index (χ0v) is 14.0. The number of benzene rings is 1. The summed E-state index contributed by atoms with van der Waals surface area (Å²) in [5, 5.41) is 9.84. The summed E-state index contributed by atoms with van der Waals surface area (Å²) in [4.78, 5) is 0. The van der Waals surface area contributed by atoms with Crippen LogP contribution < -0.4 is 0 Å². The van der Waals surface area contributed by atoms with E-state index in [1.54, 1.807) is 7.11 Å². The van der Waals surface area contributed by atoms with Crippen molar-refractivity contribution in [1.29, 1.82) is 0 Å². The Bertz CT molecular complexity index is 363. The second kappa shape index (κ2) is 9.97. The smallest absolute Gasteiger partial charge is 0.0899 e. The van der Waals surface area contributed by atoms with Gasteiger partial charge in [-0.1, -0.05) is 69.4 Å². The van der Waals surface area contributed by atoms with Crippen LogP contribution in [0.2, 0.25) is 0 Å². The first-order valence-corrected chi connectivity index (χ1v) is 8.41. The first-order valence-electron chi connectivity index (χ1n) is 8.41. The third-order valence-electron chi connectivity index (χ3n) is 4.42. The van der Waals surface area contributed by atoms with Gasteiger partial charge >= 0.3 is 0 Å². The average Bonchev–Trinajstić information content (AvgIpc) is 2.53. The monoisotopic (exact) mass is 292 g/mol. The van der Waals surface area contributed by atoms with Crippen LogP contribution in [0, 0.1) is 0 Å². The summed E-state index contributed by atoms with van der Waals surface area (Å²) in [5.41, 5.74) is 1.05. The van der Waals surface area contributed by atoms with E-state index in [1.807, 2.05) is 6.07 Å². The molecule has 0 amide bonds. The Kier molecular flexibility index (Phi) is 8.63. The van der Waals surface area contributed by atoms with Crippen LogP contribution in [0.3, 0.4) is 0 Å². The molecule has 0 aliphatic heterocycles. The summed E-state index contributed by atoms with van der Waals surface area (Å²) in [6.45, 7) is 4.33. The number of aliphatic hydroxyl groups excluding tert-OH is 1. The van der Waals surface area contributed by atoms with Crippen LogP contribution in [0.15, 0.2) is 30.3 Å². The van der Waals surface area contributed by atoms with Gasteiger partial charge in [-0.05, 0) is 31.7 Å². The van der Waals surface area contributed by atoms with Crippen molar-refractivity contribution in [3.8, 4) is 0 Å². The van der Waals surface area contributed by atoms with Gasteiger partial charge in [0.2, 0.25) is 0 Å². The van der Waals surface area contributed by atoms with E-state index in [2.05, 4.69) is 38.1 Å². The molecular weight excluding hydrogens is 260 g/mol. The van der Waals surface area contributed by atoms with Crippen LogP contribution >= 0.6 is 0 Å². The highest BCUT2D eigenvalue weighted by molar-refractivity contribution is 5.21. The molecule has 0 fully saturated rings. The molecule has 0 radical (unpaired) electrons. The fourth-order valence-electron chi connectivity index (χ4n) is 2.76. The summed E-state index contributed by atoms with van der Waals surface area (Å²) in [7, 11) is 1.79. The van der Waals surface area contributed by atoms with Crippen LogP contribution in [0.5, 0.6) is 0 Å². The molecule has 0 aliphatic carbocycles. The molecular formula is C19H32O2. The SMILES string of the molecule is CCCCC(O)CCCCCC(C)(OC)c1ccccc1. The van der Waals surface area contributed by atoms with Crippen molar-refractivity contribution in [1.82, 2.24) is 0 Å². The summed E-state index contributed by atoms with van der Waals surface area (Å²) in [6.07, 6.45) is 8.53. The molecule has 2 heteroatoms. The lowest BCUT2D eigenvalue weighted by molar-refractivity contribution is -0.00776. The Morgan fingerprint density at radius 2 is 1.71 bits per heavy atom. The Labute approximate surface area is 130 Å². The highest BCUT2D eigenvalue weighted by Gasteiger charge is 2.25. The number of hydrogen-bond donors (Lipinski definition) is 1. The van der Waals surface area contributed by atoms with Crippen LogP contribution in [0.25, 0.3) is 0 Å². The molecule has 0 saturated heterocycles. The van der Waals surface area contributed by atoms with E-state index < -0.39 is 0 Å². The molecule has 0 heterocycles. The lowest BCUT2D eigenvalue weighted by atomic mass is 9.89. The van der Waals surface area contributed by atoms with E-state index in [1.165, 1.54) is 12.0 Å². The molecule has 0 aromatic heterocycles. The van der Waals surface area contributed by atoms with Crippen molar-refractivity contribution < 1.29 is 9.84 Å². The maximum atomic E-state index is 9.84. The van der Waals surface area contributed by atoms with Gasteiger partial charge in [0.05, 0.1) is 11.7 Å². The lowest BCUT2D eigenvalue weighted by Crippen LogP contribution is -2.24. The maximum absolute atomic E-state index is 9.84. The predicted molar refractivity (Wildman–Crippen MR) is 89.4 cm³/mol. The molecule has 1 aromatic carbocycles. The molecule has 2 nitrogen and oxygen atoms in total. The number of rotatable bonds is 11. The average molecular weight is 292 g/mol. The van der Waals surface area contributed by atoms with Crippen LogP contribution in [0.4, 0.5) is 0 Å². The molecule has 0 saturated carbocycles. The van der Waals surface area contributed by atoms with Crippen LogP contribution in [-0.2, 0) is 10.3 Å². The first-order chi connectivity index (χ1) is 10.1. The lowest BCUT2D eigenvalue weighted by Gasteiger charge is -2.29. The van der Waals surface area contributed by atoms with E-state index in [-0.39, 0.29) is 11.7 Å². The fraction of sp³-hybridized carbons (Fsp3) is 0.684. The van der Waals surface area contributed by atoms with Crippen LogP contribution in [-0.4, -0.2) is 18.3 Å². The quantitative estimate of drug-likeness (QED) is 0.578. The van der Waals surface area contributed by atoms with Crippen molar-refractivity contribution >= 4 is 0 Å². The summed E-state index contributed by atoms with van der Waals surface area (Å²) >= 11 is 0. The Morgan fingerprint density at radius 1 is 1.05 bits per heavy atom. The maximum Gasteiger partial charge on any atom is 0.0899 e. The van der Waals surface area contributed by atoms with E-state index in [4.69, 9.17) is 4.74 Å². The molecule has 21 heavy (non-hydrogen) atoms. The number of ether oxygens (including phenoxy) is 1. The van der Waals surface area contributed by atoms with Gasteiger partial charge < -0.3 is 9.84 Å². The van der Waals surface area contributed by atoms with Crippen molar-refractivity contribution in [3.05, 3.63) is 35.9 Å². The first kappa shape index (κ1) is 18.2. The number of unbranched alkanes of at least 4 members (excludes halogenated alkanes) is 3. The minimum absolute atomic E-state index is 0.104. The van der Waals surface area contributed by atoms with E-state index >= 15 is 0 Å². The second-order valence-corrected chi connectivity index (χ2v) is 6.20. The van der Waals surface area contributed by atoms with Gasteiger partial charge in [0.15, 0.2) is 0 Å². The zero-order chi connectivity index (χ0) is 15.6. The number of hydrogen-bond acceptors (Lipinski definition) is 2. The molecule has 1 rings (SSSR count). The molecule has 0 aliphatic rings. The van der Waals surface area contributed by atoms with Crippen molar-refractivity contribution in [3.63, 3.8) is 0 Å². The molecule has 0 bridgehead atoms. The largest absolute Gasteiger partial charge is 0.393 e. The third kappa shape index (κ3) is 6.62. The molecule has 0 spiro atoms. The predicted octanol–water partition coefficient (Wildman–Crippen LogP) is 5.05. The Hall–Kier alpha value is -0.860. The van der Waals surface area contributed by atoms with E-state index in [0.717, 1.165) is 44.9 Å². The minimum Gasteiger partial charge on any atom is -0.393 e. The van der Waals surface area contributed by atoms with Gasteiger partial charge in [0, 0.05) is 7.11 Å². The highest BCUT2D eigenvalue weighted by Crippen LogP contribution is 2.30. The summed E-state index contributed by atoms with van der Waals surface area (Å²) in [5.74, 6) is 0. The van der Waals surface area contributed by atoms with E-state index in [9.17, 15) is 5.11 Å².